The van der Waals surface area contributed by atoms with Crippen LogP contribution in [0.3, 0.4) is 0 Å². The molecule has 1 aromatic carbocycles. The van der Waals surface area contributed by atoms with Gasteiger partial charge in [0.2, 0.25) is 0 Å². The molecule has 0 aliphatic carbocycles. The first-order valence-electron chi connectivity index (χ1n) is 6.56. The molecule has 116 valence electrons. The van der Waals surface area contributed by atoms with Crippen LogP contribution >= 0.6 is 0 Å². The number of anilines is 1. The van der Waals surface area contributed by atoms with Gasteiger partial charge in [-0.15, -0.1) is 0 Å². The summed E-state index contributed by atoms with van der Waals surface area (Å²) in [6.07, 6.45) is -0.563. The highest BCUT2D eigenvalue weighted by atomic mass is 16.7. The second kappa shape index (κ2) is 6.58. The first-order valence-corrected chi connectivity index (χ1v) is 6.56. The van der Waals surface area contributed by atoms with Crippen LogP contribution in [-0.2, 0) is 9.57 Å². The molecule has 21 heavy (non-hydrogen) atoms. The highest BCUT2D eigenvalue weighted by Crippen LogP contribution is 2.17. The van der Waals surface area contributed by atoms with Crippen LogP contribution in [0.5, 0.6) is 0 Å². The number of hydroxylamine groups is 2. The summed E-state index contributed by atoms with van der Waals surface area (Å²) in [5, 5.41) is 3.74. The zero-order chi connectivity index (χ0) is 16.2. The Labute approximate surface area is 125 Å². The van der Waals surface area contributed by atoms with Gasteiger partial charge in [0.25, 0.3) is 5.91 Å². The third kappa shape index (κ3) is 5.43. The molecule has 0 bridgehead atoms. The van der Waals surface area contributed by atoms with E-state index in [-0.39, 0.29) is 5.91 Å². The molecule has 0 aromatic heterocycles. The van der Waals surface area contributed by atoms with Gasteiger partial charge in [-0.3, -0.25) is 14.9 Å². The maximum Gasteiger partial charge on any atom is 0.412 e. The smallest absolute Gasteiger partial charge is 0.412 e. The monoisotopic (exact) mass is 294 g/mol. The first-order chi connectivity index (χ1) is 9.62. The van der Waals surface area contributed by atoms with E-state index in [9.17, 15) is 9.59 Å². The lowest BCUT2D eigenvalue weighted by atomic mass is 10.1. The Bertz CT molecular complexity index is 535. The molecular weight excluding hydrogens is 272 g/mol. The van der Waals surface area contributed by atoms with Gasteiger partial charge in [-0.2, -0.15) is 0 Å². The fraction of sp³-hybridized carbons (Fsp3) is 0.467. The number of hydrogen-bond acceptors (Lipinski definition) is 4. The van der Waals surface area contributed by atoms with Gasteiger partial charge in [0, 0.05) is 18.3 Å². The maximum absolute atomic E-state index is 12.1. The summed E-state index contributed by atoms with van der Waals surface area (Å²) < 4.78 is 5.18. The minimum Gasteiger partial charge on any atom is -0.444 e. The molecule has 0 spiro atoms. The Morgan fingerprint density at radius 1 is 1.19 bits per heavy atom. The van der Waals surface area contributed by atoms with Crippen molar-refractivity contribution < 1.29 is 19.2 Å². The van der Waals surface area contributed by atoms with Gasteiger partial charge < -0.3 is 4.74 Å². The van der Waals surface area contributed by atoms with Crippen molar-refractivity contribution in [2.45, 2.75) is 33.3 Å². The van der Waals surface area contributed by atoms with Crippen molar-refractivity contribution in [2.24, 2.45) is 0 Å². The molecule has 0 fully saturated rings. The molecule has 0 radical (unpaired) electrons. The lowest BCUT2D eigenvalue weighted by Gasteiger charge is -2.20. The average molecular weight is 294 g/mol. The van der Waals surface area contributed by atoms with E-state index in [1.165, 1.54) is 14.2 Å². The van der Waals surface area contributed by atoms with Crippen LogP contribution in [0, 0.1) is 6.92 Å². The second-order valence-corrected chi connectivity index (χ2v) is 5.70. The van der Waals surface area contributed by atoms with Crippen LogP contribution in [0.1, 0.15) is 36.7 Å². The van der Waals surface area contributed by atoms with Crippen molar-refractivity contribution >= 4 is 17.7 Å². The fourth-order valence-electron chi connectivity index (χ4n) is 1.66. The maximum atomic E-state index is 12.1. The fourth-order valence-corrected chi connectivity index (χ4v) is 1.66. The molecule has 1 N–H and O–H groups in total. The van der Waals surface area contributed by atoms with Gasteiger partial charge in [0.1, 0.15) is 5.60 Å². The molecule has 0 unspecified atom stereocenters. The Kier molecular flexibility index (Phi) is 5.32. The van der Waals surface area contributed by atoms with Gasteiger partial charge in [-0.25, -0.2) is 9.86 Å². The number of hydrogen-bond donors (Lipinski definition) is 1. The number of nitrogens with one attached hydrogen (secondary N) is 1. The number of rotatable bonds is 3. The van der Waals surface area contributed by atoms with Gasteiger partial charge in [0.05, 0.1) is 7.11 Å². The minimum absolute atomic E-state index is 0.298. The highest BCUT2D eigenvalue weighted by Gasteiger charge is 2.17. The zero-order valence-corrected chi connectivity index (χ0v) is 13.3. The van der Waals surface area contributed by atoms with E-state index >= 15 is 0 Å². The summed E-state index contributed by atoms with van der Waals surface area (Å²) in [5.74, 6) is -0.298. The minimum atomic E-state index is -0.581. The second-order valence-electron chi connectivity index (χ2n) is 5.70. The Hall–Kier alpha value is -2.08. The summed E-state index contributed by atoms with van der Waals surface area (Å²) >= 11 is 0. The molecule has 0 heterocycles. The Morgan fingerprint density at radius 3 is 2.33 bits per heavy atom. The molecule has 2 amide bonds. The zero-order valence-electron chi connectivity index (χ0n) is 13.3. The Balaban J connectivity index is 2.92. The Morgan fingerprint density at radius 2 is 1.81 bits per heavy atom. The predicted octanol–water partition coefficient (Wildman–Crippen LogP) is 2.98. The van der Waals surface area contributed by atoms with E-state index in [0.29, 0.717) is 11.3 Å². The van der Waals surface area contributed by atoms with Crippen LogP contribution in [0.25, 0.3) is 0 Å². The van der Waals surface area contributed by atoms with Gasteiger partial charge in [0.15, 0.2) is 0 Å². The molecule has 0 aliphatic heterocycles. The van der Waals surface area contributed by atoms with Crippen molar-refractivity contribution in [3.63, 3.8) is 0 Å². The van der Waals surface area contributed by atoms with Gasteiger partial charge in [-0.05, 0) is 51.5 Å². The average Bonchev–Trinajstić information content (AvgIpc) is 2.33. The van der Waals surface area contributed by atoms with E-state index in [1.807, 2.05) is 6.92 Å². The third-order valence-electron chi connectivity index (χ3n) is 2.53. The molecule has 0 atom stereocenters. The molecule has 0 aliphatic rings. The van der Waals surface area contributed by atoms with Crippen LogP contribution < -0.4 is 5.32 Å². The van der Waals surface area contributed by atoms with Crippen LogP contribution in [-0.4, -0.2) is 36.8 Å². The summed E-state index contributed by atoms with van der Waals surface area (Å²) in [6, 6.07) is 5.06. The van der Waals surface area contributed by atoms with Gasteiger partial charge in [-0.1, -0.05) is 0 Å². The van der Waals surface area contributed by atoms with Crippen LogP contribution in [0.2, 0.25) is 0 Å². The number of benzene rings is 1. The van der Waals surface area contributed by atoms with Crippen molar-refractivity contribution in [3.05, 3.63) is 29.3 Å². The van der Waals surface area contributed by atoms with Gasteiger partial charge >= 0.3 is 6.09 Å². The number of carbonyl (C=O) groups excluding carboxylic acids is 2. The quantitative estimate of drug-likeness (QED) is 0.870. The van der Waals surface area contributed by atoms with E-state index in [2.05, 4.69) is 5.32 Å². The molecule has 6 nitrogen and oxygen atoms in total. The van der Waals surface area contributed by atoms with Crippen LogP contribution in [0.4, 0.5) is 10.5 Å². The summed E-state index contributed by atoms with van der Waals surface area (Å²) in [7, 11) is 2.93. The number of aryl methyl sites for hydroxylation is 1. The highest BCUT2D eigenvalue weighted by molar-refractivity contribution is 5.96. The van der Waals surface area contributed by atoms with E-state index in [0.717, 1.165) is 10.6 Å². The normalized spacial score (nSPS) is 11.0. The number of ether oxygens (including phenoxy) is 1. The van der Waals surface area contributed by atoms with Crippen LogP contribution in [0.15, 0.2) is 18.2 Å². The predicted molar refractivity (Wildman–Crippen MR) is 80.1 cm³/mol. The first kappa shape index (κ1) is 17.0. The third-order valence-corrected chi connectivity index (χ3v) is 2.53. The number of carbonyl (C=O) groups is 2. The lowest BCUT2D eigenvalue weighted by molar-refractivity contribution is -0.0756. The molecule has 6 heteroatoms. The largest absolute Gasteiger partial charge is 0.444 e. The molecule has 1 rings (SSSR count). The summed E-state index contributed by atoms with van der Waals surface area (Å²) in [5.41, 5.74) is 1.18. The van der Waals surface area contributed by atoms with Crippen molar-refractivity contribution in [1.82, 2.24) is 5.06 Å². The summed E-state index contributed by atoms with van der Waals surface area (Å²) in [6.45, 7) is 7.19. The van der Waals surface area contributed by atoms with Crippen molar-refractivity contribution in [1.29, 1.82) is 0 Å². The number of amides is 2. The SMILES string of the molecule is CON(C)C(=O)c1cc(C)cc(NC(=O)OC(C)(C)C)c1. The standard InChI is InChI=1S/C15H22N2O4/c1-10-7-11(13(18)17(5)20-6)9-12(8-10)16-14(19)21-15(2,3)4/h7-9H,1-6H3,(H,16,19). The molecule has 0 saturated heterocycles. The van der Waals surface area contributed by atoms with Crippen molar-refractivity contribution in [3.8, 4) is 0 Å². The molecule has 0 saturated carbocycles. The topological polar surface area (TPSA) is 67.9 Å². The molecule has 1 aromatic rings. The van der Waals surface area contributed by atoms with E-state index in [1.54, 1.807) is 39.0 Å². The molecular formula is C15H22N2O4. The number of nitrogens with zero attached hydrogens (tertiary/aromatic N) is 1. The van der Waals surface area contributed by atoms with Crippen molar-refractivity contribution in [2.75, 3.05) is 19.5 Å². The lowest BCUT2D eigenvalue weighted by Crippen LogP contribution is -2.28. The van der Waals surface area contributed by atoms with E-state index in [4.69, 9.17) is 9.57 Å². The van der Waals surface area contributed by atoms with E-state index < -0.39 is 11.7 Å². The summed E-state index contributed by atoms with van der Waals surface area (Å²) in [4.78, 5) is 28.7.